The van der Waals surface area contributed by atoms with Crippen LogP contribution in [-0.4, -0.2) is 48.8 Å². The average molecular weight is 333 g/mol. The normalized spacial score (nSPS) is 22.1. The first-order valence-electron chi connectivity index (χ1n) is 8.32. The summed E-state index contributed by atoms with van der Waals surface area (Å²) in [5.74, 6) is -0.175. The van der Waals surface area contributed by atoms with Crippen LogP contribution in [0.5, 0.6) is 0 Å². The molecule has 1 aliphatic heterocycles. The van der Waals surface area contributed by atoms with Gasteiger partial charge in [0.1, 0.15) is 11.2 Å². The van der Waals surface area contributed by atoms with Gasteiger partial charge >= 0.3 is 5.97 Å². The molecule has 1 atom stereocenters. The van der Waals surface area contributed by atoms with Crippen LogP contribution in [0.4, 0.5) is 0 Å². The number of fused-ring (bicyclic) bond motifs is 1. The number of nitrogens with one attached hydrogen (secondary N) is 1. The molecule has 1 saturated heterocycles. The van der Waals surface area contributed by atoms with Gasteiger partial charge in [-0.05, 0) is 25.8 Å². The molecule has 0 saturated carbocycles. The SMILES string of the molecule is CCCC1(C(=O)O)CCCN(Cc2nc3c(cnn3C)c(=O)[nH]2)C1. The summed E-state index contributed by atoms with van der Waals surface area (Å²) in [5.41, 5.74) is -0.355. The molecule has 2 N–H and O–H groups in total. The first kappa shape index (κ1) is 16.6. The molecule has 0 aliphatic carbocycles. The molecule has 0 bridgehead atoms. The van der Waals surface area contributed by atoms with Gasteiger partial charge in [0.25, 0.3) is 5.56 Å². The Hall–Kier alpha value is -2.22. The van der Waals surface area contributed by atoms with Crippen molar-refractivity contribution in [2.75, 3.05) is 13.1 Å². The smallest absolute Gasteiger partial charge is 0.310 e. The molecule has 0 radical (unpaired) electrons. The standard InChI is InChI=1S/C16H23N5O3/c1-3-5-16(15(23)24)6-4-7-21(10-16)9-12-18-13-11(14(22)19-12)8-17-20(13)2/h8H,3-7,9-10H2,1-2H3,(H,23,24)(H,18,19,22). The molecule has 1 aliphatic rings. The van der Waals surface area contributed by atoms with E-state index < -0.39 is 11.4 Å². The van der Waals surface area contributed by atoms with Gasteiger partial charge in [0.05, 0.1) is 18.2 Å². The molecule has 2 aromatic rings. The van der Waals surface area contributed by atoms with Crippen molar-refractivity contribution in [3.8, 4) is 0 Å². The van der Waals surface area contributed by atoms with E-state index in [0.29, 0.717) is 42.8 Å². The number of carboxylic acids is 1. The number of rotatable bonds is 5. The number of aryl methyl sites for hydroxylation is 1. The van der Waals surface area contributed by atoms with Gasteiger partial charge < -0.3 is 10.1 Å². The van der Waals surface area contributed by atoms with E-state index in [-0.39, 0.29) is 5.56 Å². The molecule has 130 valence electrons. The van der Waals surface area contributed by atoms with E-state index in [2.05, 4.69) is 20.0 Å². The second-order valence-corrected chi connectivity index (χ2v) is 6.67. The van der Waals surface area contributed by atoms with Crippen molar-refractivity contribution in [2.45, 2.75) is 39.2 Å². The molecule has 0 spiro atoms. The number of carboxylic acid groups (broad SMARTS) is 1. The Morgan fingerprint density at radius 3 is 3.00 bits per heavy atom. The Balaban J connectivity index is 1.84. The van der Waals surface area contributed by atoms with E-state index in [0.717, 1.165) is 19.4 Å². The Bertz CT molecular complexity index is 808. The van der Waals surface area contributed by atoms with Gasteiger partial charge in [-0.25, -0.2) is 4.98 Å². The third kappa shape index (κ3) is 2.93. The second-order valence-electron chi connectivity index (χ2n) is 6.67. The summed E-state index contributed by atoms with van der Waals surface area (Å²) in [6.45, 7) is 3.75. The fraction of sp³-hybridized carbons (Fsp3) is 0.625. The summed E-state index contributed by atoms with van der Waals surface area (Å²) in [5, 5.41) is 14.2. The molecule has 8 heteroatoms. The minimum Gasteiger partial charge on any atom is -0.481 e. The van der Waals surface area contributed by atoms with Gasteiger partial charge in [-0.2, -0.15) is 5.10 Å². The maximum atomic E-state index is 12.1. The molecular weight excluding hydrogens is 310 g/mol. The fourth-order valence-electron chi connectivity index (χ4n) is 3.69. The molecule has 24 heavy (non-hydrogen) atoms. The van der Waals surface area contributed by atoms with Crippen molar-refractivity contribution < 1.29 is 9.90 Å². The molecular formula is C16H23N5O3. The zero-order valence-electron chi connectivity index (χ0n) is 14.1. The summed E-state index contributed by atoms with van der Waals surface area (Å²) in [6.07, 6.45) is 4.56. The maximum Gasteiger partial charge on any atom is 0.310 e. The van der Waals surface area contributed by atoms with Crippen LogP contribution in [0.3, 0.4) is 0 Å². The lowest BCUT2D eigenvalue weighted by Gasteiger charge is -2.39. The van der Waals surface area contributed by atoms with Gasteiger partial charge in [-0.15, -0.1) is 0 Å². The Morgan fingerprint density at radius 2 is 2.29 bits per heavy atom. The van der Waals surface area contributed by atoms with E-state index in [4.69, 9.17) is 0 Å². The summed E-state index contributed by atoms with van der Waals surface area (Å²) in [6, 6.07) is 0. The van der Waals surface area contributed by atoms with Crippen LogP contribution in [0, 0.1) is 5.41 Å². The largest absolute Gasteiger partial charge is 0.481 e. The van der Waals surface area contributed by atoms with Crippen LogP contribution >= 0.6 is 0 Å². The van der Waals surface area contributed by atoms with Gasteiger partial charge in [0, 0.05) is 13.6 Å². The minimum atomic E-state index is -0.724. The number of carbonyl (C=O) groups is 1. The molecule has 3 rings (SSSR count). The zero-order valence-corrected chi connectivity index (χ0v) is 14.1. The van der Waals surface area contributed by atoms with Gasteiger partial charge in [-0.1, -0.05) is 13.3 Å². The predicted octanol–water partition coefficient (Wildman–Crippen LogP) is 1.12. The topological polar surface area (TPSA) is 104 Å². The van der Waals surface area contributed by atoms with Crippen molar-refractivity contribution in [1.82, 2.24) is 24.6 Å². The van der Waals surface area contributed by atoms with E-state index in [1.54, 1.807) is 11.7 Å². The zero-order chi connectivity index (χ0) is 17.3. The molecule has 2 aromatic heterocycles. The molecule has 3 heterocycles. The predicted molar refractivity (Wildman–Crippen MR) is 88.6 cm³/mol. The number of nitrogens with zero attached hydrogens (tertiary/aromatic N) is 4. The highest BCUT2D eigenvalue weighted by Crippen LogP contribution is 2.35. The lowest BCUT2D eigenvalue weighted by atomic mass is 9.76. The first-order chi connectivity index (χ1) is 11.4. The quantitative estimate of drug-likeness (QED) is 0.850. The van der Waals surface area contributed by atoms with E-state index in [1.807, 2.05) is 6.92 Å². The highest BCUT2D eigenvalue weighted by Gasteiger charge is 2.41. The Morgan fingerprint density at radius 1 is 1.50 bits per heavy atom. The van der Waals surface area contributed by atoms with Crippen molar-refractivity contribution in [2.24, 2.45) is 12.5 Å². The third-order valence-electron chi connectivity index (χ3n) is 4.86. The van der Waals surface area contributed by atoms with Gasteiger partial charge in [-0.3, -0.25) is 19.2 Å². The van der Waals surface area contributed by atoms with Gasteiger partial charge in [0.2, 0.25) is 0 Å². The van der Waals surface area contributed by atoms with Crippen LogP contribution in [0.2, 0.25) is 0 Å². The minimum absolute atomic E-state index is 0.210. The van der Waals surface area contributed by atoms with E-state index >= 15 is 0 Å². The first-order valence-corrected chi connectivity index (χ1v) is 8.32. The van der Waals surface area contributed by atoms with E-state index in [1.165, 1.54) is 6.20 Å². The number of aromatic nitrogens is 4. The summed E-state index contributed by atoms with van der Waals surface area (Å²) >= 11 is 0. The highest BCUT2D eigenvalue weighted by atomic mass is 16.4. The number of H-pyrrole nitrogens is 1. The Kier molecular flexibility index (Phi) is 4.40. The number of likely N-dealkylation sites (tertiary alicyclic amines) is 1. The lowest BCUT2D eigenvalue weighted by molar-refractivity contribution is -0.153. The third-order valence-corrected chi connectivity index (χ3v) is 4.86. The molecule has 0 amide bonds. The molecule has 0 aromatic carbocycles. The number of hydrogen-bond donors (Lipinski definition) is 2. The van der Waals surface area contributed by atoms with Crippen molar-refractivity contribution in [3.63, 3.8) is 0 Å². The van der Waals surface area contributed by atoms with Gasteiger partial charge in [0.15, 0.2) is 5.65 Å². The second kappa shape index (κ2) is 6.35. The van der Waals surface area contributed by atoms with Crippen molar-refractivity contribution >= 4 is 17.0 Å². The molecule has 8 nitrogen and oxygen atoms in total. The number of hydrogen-bond acceptors (Lipinski definition) is 5. The van der Waals surface area contributed by atoms with Crippen LogP contribution in [-0.2, 0) is 18.4 Å². The molecule has 1 unspecified atom stereocenters. The monoisotopic (exact) mass is 333 g/mol. The Labute approximate surface area is 139 Å². The number of aromatic amines is 1. The number of piperidine rings is 1. The lowest BCUT2D eigenvalue weighted by Crippen LogP contribution is -2.47. The average Bonchev–Trinajstić information content (AvgIpc) is 2.90. The van der Waals surface area contributed by atoms with Crippen molar-refractivity contribution in [3.05, 3.63) is 22.4 Å². The van der Waals surface area contributed by atoms with Crippen LogP contribution in [0.1, 0.15) is 38.4 Å². The van der Waals surface area contributed by atoms with Crippen molar-refractivity contribution in [1.29, 1.82) is 0 Å². The van der Waals surface area contributed by atoms with Crippen LogP contribution < -0.4 is 5.56 Å². The fourth-order valence-corrected chi connectivity index (χ4v) is 3.69. The highest BCUT2D eigenvalue weighted by molar-refractivity contribution is 5.75. The summed E-state index contributed by atoms with van der Waals surface area (Å²) in [7, 11) is 1.75. The number of aliphatic carboxylic acids is 1. The maximum absolute atomic E-state index is 12.1. The molecule has 1 fully saturated rings. The summed E-state index contributed by atoms with van der Waals surface area (Å²) < 4.78 is 1.57. The summed E-state index contributed by atoms with van der Waals surface area (Å²) in [4.78, 5) is 33.3. The van der Waals surface area contributed by atoms with E-state index in [9.17, 15) is 14.7 Å². The van der Waals surface area contributed by atoms with Crippen LogP contribution in [0.25, 0.3) is 11.0 Å². The van der Waals surface area contributed by atoms with Crippen LogP contribution in [0.15, 0.2) is 11.0 Å².